The number of benzene rings is 2. The number of unbranched alkanes of at least 4 members (excludes halogenated alkanes) is 2. The van der Waals surface area contributed by atoms with E-state index in [0.717, 1.165) is 29.9 Å². The van der Waals surface area contributed by atoms with E-state index in [4.69, 9.17) is 19.9 Å². The van der Waals surface area contributed by atoms with Crippen LogP contribution in [0.2, 0.25) is 0 Å². The van der Waals surface area contributed by atoms with Gasteiger partial charge in [-0.05, 0) is 117 Å². The molecule has 12 atom stereocenters. The van der Waals surface area contributed by atoms with Crippen molar-refractivity contribution in [2.75, 3.05) is 59.0 Å². The highest BCUT2D eigenvalue weighted by Gasteiger charge is 2.48. The first-order chi connectivity index (χ1) is 48.7. The quantitative estimate of drug-likeness (QED) is 0.0236. The first-order valence-corrected chi connectivity index (χ1v) is 37.2. The summed E-state index contributed by atoms with van der Waals surface area (Å²) in [5.74, 6) is -8.35. The number of likely N-dealkylation sites (N-methyl/N-ethyl adjacent to an activating group) is 2. The second-order valence-corrected chi connectivity index (χ2v) is 30.2. The van der Waals surface area contributed by atoms with Gasteiger partial charge in [0.2, 0.25) is 41.4 Å². The lowest BCUT2D eigenvalue weighted by Gasteiger charge is -2.41. The smallest absolute Gasteiger partial charge is 0.410 e. The van der Waals surface area contributed by atoms with Crippen LogP contribution in [0.15, 0.2) is 42.5 Å². The summed E-state index contributed by atoms with van der Waals surface area (Å²) in [6.07, 6.45) is 3.20. The lowest BCUT2D eigenvalue weighted by Crippen LogP contribution is -2.60. The molecule has 0 spiro atoms. The SMILES string of the molecule is CC[C@H](C)[C@@H]([C@@H](CC(=O)N1CCC[C@H]1[C@H](OC)[C@@H](C)C(=O)NCCc1c(F)cccc1F)OC)N(C)C(=O)[C@@H](NC(=O)[C@H](C(C)C)N(C)C(=O)OCc1ccc(NC(=O)[C@H](CCCNC(N)=O)NC(=O)[C@@H](NC(=O)CCCCCC2C(=O)CC(SCC3(CC(=O)O)CC3)C2=O)C(C)C)cc1)C(C)C. The number of hydrogen-bond donors (Lipinski definition) is 8. The number of anilines is 1. The number of carbonyl (C=O) groups excluding carboxylic acids is 11. The number of nitrogens with zero attached hydrogens (tertiary/aromatic N) is 3. The Balaban J connectivity index is 1.14. The van der Waals surface area contributed by atoms with Gasteiger partial charge < -0.3 is 66.8 Å². The second-order valence-electron chi connectivity index (χ2n) is 29.0. The average molecular weight is 1470 g/mol. The van der Waals surface area contributed by atoms with E-state index < -0.39 is 148 Å². The number of amides is 10. The molecule has 103 heavy (non-hydrogen) atoms. The number of nitrogens with two attached hydrogens (primary N) is 1. The molecule has 9 N–H and O–H groups in total. The summed E-state index contributed by atoms with van der Waals surface area (Å²) in [5.41, 5.74) is 5.66. The summed E-state index contributed by atoms with van der Waals surface area (Å²) in [5, 5.41) is 25.3. The number of ketones is 2. The summed E-state index contributed by atoms with van der Waals surface area (Å²) in [4.78, 5) is 165. The molecular weight excluding hydrogens is 1350 g/mol. The molecule has 29 heteroatoms. The zero-order valence-corrected chi connectivity index (χ0v) is 63.0. The monoisotopic (exact) mass is 1470 g/mol. The maximum atomic E-state index is 14.8. The number of hydrogen-bond acceptors (Lipinski definition) is 16. The minimum Gasteiger partial charge on any atom is -0.481 e. The summed E-state index contributed by atoms with van der Waals surface area (Å²) in [6.45, 7) is 16.3. The van der Waals surface area contributed by atoms with Gasteiger partial charge in [0.05, 0.1) is 54.2 Å². The molecule has 26 nitrogen and oxygen atoms in total. The third kappa shape index (κ3) is 25.2. The molecule has 0 aromatic heterocycles. The van der Waals surface area contributed by atoms with Crippen LogP contribution in [0.5, 0.6) is 0 Å². The minimum absolute atomic E-state index is 0.0229. The van der Waals surface area contributed by atoms with E-state index >= 15 is 0 Å². The maximum Gasteiger partial charge on any atom is 0.410 e. The van der Waals surface area contributed by atoms with Gasteiger partial charge in [0, 0.05) is 77.8 Å². The van der Waals surface area contributed by atoms with Crippen LogP contribution >= 0.6 is 11.8 Å². The third-order valence-electron chi connectivity index (χ3n) is 20.2. The number of aliphatic carboxylic acids is 1. The first kappa shape index (κ1) is 85.9. The van der Waals surface area contributed by atoms with Crippen LogP contribution in [-0.4, -0.2) is 198 Å². The number of nitrogens with one attached hydrogen (secondary N) is 6. The van der Waals surface area contributed by atoms with Crippen molar-refractivity contribution >= 4 is 88.5 Å². The Morgan fingerprint density at radius 2 is 1.43 bits per heavy atom. The van der Waals surface area contributed by atoms with Gasteiger partial charge in [0.1, 0.15) is 48.2 Å². The Labute approximate surface area is 609 Å². The number of thioether (sulfide) groups is 1. The standard InChI is InChI=1S/C74H112F2N10O16S/c1-14-45(8)64(56(100-12)38-59(89)86-36-20-25-54(86)66(101-13)46(9)67(93)78-35-31-49-51(75)22-18-23-52(49)76)84(10)71(97)62(43(4)5)83-70(96)63(44(6)7)85(11)73(99)102-40-47-27-29-48(30-28-47)80-68(94)53(24-19-34-79-72(77)98)81-69(95)61(42(2)3)82-58(88)26-17-15-16-21-50-55(87)37-57(65(50)92)103-41-74(32-33-74)39-60(90)91/h18,22-23,27-30,42-46,50,53-54,56-57,61-64,66H,14-17,19-21,24-26,31-41H2,1-13H3,(H,78,93)(H,80,94)(H,81,95)(H,82,88)(H,83,96)(H,90,91)(H3,77,79,98)/t45-,46+,50?,53-,54-,56+,57?,61-,62-,63-,64-,66+/m0/s1. The van der Waals surface area contributed by atoms with Crippen molar-refractivity contribution in [3.63, 3.8) is 0 Å². The van der Waals surface area contributed by atoms with E-state index in [1.165, 1.54) is 44.0 Å². The Kier molecular flexibility index (Phi) is 34.2. The number of ether oxygens (including phenoxy) is 3. The van der Waals surface area contributed by atoms with Crippen LogP contribution in [0.3, 0.4) is 0 Å². The molecule has 0 radical (unpaired) electrons. The maximum absolute atomic E-state index is 14.8. The van der Waals surface area contributed by atoms with Crippen LogP contribution in [0, 0.1) is 52.6 Å². The van der Waals surface area contributed by atoms with Gasteiger partial charge in [-0.25, -0.2) is 18.4 Å². The van der Waals surface area contributed by atoms with Gasteiger partial charge in [-0.2, -0.15) is 0 Å². The lowest BCUT2D eigenvalue weighted by atomic mass is 9.89. The molecule has 2 unspecified atom stereocenters. The van der Waals surface area contributed by atoms with Crippen LogP contribution in [0.1, 0.15) is 170 Å². The number of methoxy groups -OCH3 is 2. The second kappa shape index (κ2) is 41.0. The number of carboxylic acids is 1. The molecule has 0 bridgehead atoms. The van der Waals surface area contributed by atoms with E-state index in [1.54, 1.807) is 84.7 Å². The number of halogens is 2. The van der Waals surface area contributed by atoms with E-state index in [-0.39, 0.29) is 99.0 Å². The predicted octanol–water partition coefficient (Wildman–Crippen LogP) is 7.46. The van der Waals surface area contributed by atoms with Crippen molar-refractivity contribution in [2.24, 2.45) is 46.7 Å². The van der Waals surface area contributed by atoms with Gasteiger partial charge >= 0.3 is 18.1 Å². The van der Waals surface area contributed by atoms with Crippen molar-refractivity contribution in [1.29, 1.82) is 0 Å². The Morgan fingerprint density at radius 3 is 2.01 bits per heavy atom. The average Bonchev–Trinajstić information content (AvgIpc) is 1.67. The van der Waals surface area contributed by atoms with Crippen molar-refractivity contribution in [3.05, 3.63) is 65.2 Å². The van der Waals surface area contributed by atoms with Gasteiger partial charge in [-0.3, -0.25) is 52.8 Å². The zero-order chi connectivity index (χ0) is 76.6. The number of carbonyl (C=O) groups is 12. The molecule has 1 aliphatic heterocycles. The topological polar surface area (TPSA) is 361 Å². The van der Waals surface area contributed by atoms with Crippen molar-refractivity contribution in [1.82, 2.24) is 41.3 Å². The number of primary amides is 1. The third-order valence-corrected chi connectivity index (χ3v) is 21.8. The fourth-order valence-corrected chi connectivity index (χ4v) is 15.3. The Bertz CT molecular complexity index is 3230. The number of rotatable bonds is 43. The van der Waals surface area contributed by atoms with Gasteiger partial charge in [-0.1, -0.05) is 99.8 Å². The Morgan fingerprint density at radius 1 is 0.767 bits per heavy atom. The molecule has 1 saturated heterocycles. The number of Topliss-reactive ketones (excluding diaryl/α,β-unsaturated/α-hetero) is 2. The normalized spacial score (nSPS) is 18.9. The number of likely N-dealkylation sites (tertiary alicyclic amines) is 1. The molecule has 3 fully saturated rings. The molecule has 2 aliphatic carbocycles. The van der Waals surface area contributed by atoms with Crippen molar-refractivity contribution in [3.8, 4) is 0 Å². The Hall–Kier alpha value is -7.79. The summed E-state index contributed by atoms with van der Waals surface area (Å²) in [6, 6.07) is 3.61. The minimum atomic E-state index is -1.14. The van der Waals surface area contributed by atoms with Crippen molar-refractivity contribution < 1.29 is 85.6 Å². The fraction of sp³-hybridized carbons (Fsp3) is 0.676. The summed E-state index contributed by atoms with van der Waals surface area (Å²) >= 11 is 1.39. The highest BCUT2D eigenvalue weighted by molar-refractivity contribution is 8.00. The zero-order valence-electron chi connectivity index (χ0n) is 62.2. The van der Waals surface area contributed by atoms with E-state index in [2.05, 4.69) is 31.9 Å². The molecule has 2 aromatic rings. The van der Waals surface area contributed by atoms with Crippen molar-refractivity contribution in [2.45, 2.75) is 225 Å². The largest absolute Gasteiger partial charge is 0.481 e. The van der Waals surface area contributed by atoms with E-state index in [0.29, 0.717) is 68.5 Å². The van der Waals surface area contributed by atoms with E-state index in [9.17, 15) is 71.4 Å². The van der Waals surface area contributed by atoms with E-state index in [1.807, 2.05) is 13.8 Å². The fourth-order valence-electron chi connectivity index (χ4n) is 13.8. The molecule has 3 aliphatic rings. The predicted molar refractivity (Wildman–Crippen MR) is 385 cm³/mol. The lowest BCUT2D eigenvalue weighted by molar-refractivity contribution is -0.148. The van der Waals surface area contributed by atoms with Crippen LogP contribution in [0.25, 0.3) is 0 Å². The molecule has 10 amide bonds. The highest BCUT2D eigenvalue weighted by atomic mass is 32.2. The number of carboxylic acid groups (broad SMARTS) is 1. The van der Waals surface area contributed by atoms with Gasteiger partial charge in [-0.15, -0.1) is 11.8 Å². The van der Waals surface area contributed by atoms with Crippen LogP contribution < -0.4 is 37.6 Å². The molecule has 2 saturated carbocycles. The highest BCUT2D eigenvalue weighted by Crippen LogP contribution is 2.52. The molecule has 2 aromatic carbocycles. The first-order valence-electron chi connectivity index (χ1n) is 36.1. The molecule has 574 valence electrons. The molecule has 5 rings (SSSR count). The summed E-state index contributed by atoms with van der Waals surface area (Å²) < 4.78 is 46.3. The van der Waals surface area contributed by atoms with Gasteiger partial charge in [0.15, 0.2) is 5.78 Å². The van der Waals surface area contributed by atoms with Crippen LogP contribution in [-0.2, 0) is 75.2 Å². The van der Waals surface area contributed by atoms with Gasteiger partial charge in [0.25, 0.3) is 0 Å². The summed E-state index contributed by atoms with van der Waals surface area (Å²) in [7, 11) is 5.96. The molecule has 1 heterocycles. The molecular formula is C74H112F2N10O16S. The number of urea groups is 1. The van der Waals surface area contributed by atoms with Crippen LogP contribution in [0.4, 0.5) is 24.1 Å².